The minimum Gasteiger partial charge on any atom is -0.378 e. The molecule has 0 aromatic heterocycles. The van der Waals surface area contributed by atoms with E-state index in [2.05, 4.69) is 5.43 Å². The van der Waals surface area contributed by atoms with Crippen molar-refractivity contribution in [3.8, 4) is 0 Å². The highest BCUT2D eigenvalue weighted by Crippen LogP contribution is 2.16. The number of nitrogens with zero attached hydrogens (tertiary/aromatic N) is 1. The Morgan fingerprint density at radius 1 is 1.91 bits per heavy atom. The topological polar surface area (TPSA) is 64.4 Å². The molecule has 1 rings (SSSR count). The number of hydrogen-bond acceptors (Lipinski definition) is 3. The Morgan fingerprint density at radius 2 is 2.55 bits per heavy atom. The molecule has 0 saturated carbocycles. The van der Waals surface area contributed by atoms with E-state index in [-0.39, 0.29) is 12.1 Å². The Balaban J connectivity index is 2.09. The monoisotopic (exact) mass is 160 g/mol. The zero-order valence-electron chi connectivity index (χ0n) is 6.45. The predicted octanol–water partition coefficient (Wildman–Crippen LogP) is 0.335. The zero-order valence-corrected chi connectivity index (χ0v) is 6.45. The van der Waals surface area contributed by atoms with E-state index >= 15 is 0 Å². The van der Waals surface area contributed by atoms with Crippen LogP contribution in [-0.2, 0) is 4.74 Å². The van der Waals surface area contributed by atoms with Gasteiger partial charge in [-0.2, -0.15) is 0 Å². The predicted molar refractivity (Wildman–Crippen MR) is 38.6 cm³/mol. The van der Waals surface area contributed by atoms with Gasteiger partial charge in [-0.1, -0.05) is 0 Å². The van der Waals surface area contributed by atoms with Crippen LogP contribution in [0.4, 0.5) is 0 Å². The number of ether oxygens (including phenoxy) is 1. The van der Waals surface area contributed by atoms with Crippen molar-refractivity contribution >= 4 is 0 Å². The van der Waals surface area contributed by atoms with Gasteiger partial charge >= 0.3 is 0 Å². The van der Waals surface area contributed by atoms with E-state index in [4.69, 9.17) is 4.74 Å². The molecule has 64 valence electrons. The molecule has 1 heterocycles. The van der Waals surface area contributed by atoms with Gasteiger partial charge in [0.15, 0.2) is 5.03 Å². The van der Waals surface area contributed by atoms with E-state index in [1.54, 1.807) is 6.92 Å². The van der Waals surface area contributed by atoms with Gasteiger partial charge in [0, 0.05) is 6.61 Å². The van der Waals surface area contributed by atoms with E-state index in [9.17, 15) is 10.1 Å². The van der Waals surface area contributed by atoms with Gasteiger partial charge in [-0.3, -0.25) is 0 Å². The summed E-state index contributed by atoms with van der Waals surface area (Å²) in [4.78, 5) is 9.95. The number of hydrogen-bond donors (Lipinski definition) is 1. The van der Waals surface area contributed by atoms with Crippen LogP contribution in [0.25, 0.3) is 0 Å². The molecule has 1 aliphatic heterocycles. The molecule has 11 heavy (non-hydrogen) atoms. The molecule has 5 heteroatoms. The first-order chi connectivity index (χ1) is 5.18. The van der Waals surface area contributed by atoms with Crippen LogP contribution in [0.3, 0.4) is 0 Å². The average molecular weight is 160 g/mol. The summed E-state index contributed by atoms with van der Waals surface area (Å²) in [5.41, 5.74) is 2.18. The van der Waals surface area contributed by atoms with Gasteiger partial charge in [0.05, 0.1) is 12.1 Å². The third kappa shape index (κ3) is 2.71. The Hall–Kier alpha value is -0.840. The summed E-state index contributed by atoms with van der Waals surface area (Å²) in [6.45, 7) is 2.58. The molecule has 1 aliphatic rings. The van der Waals surface area contributed by atoms with E-state index in [0.29, 0.717) is 0 Å². The Labute approximate surface area is 64.8 Å². The molecule has 0 spiro atoms. The molecule has 0 aromatic rings. The summed E-state index contributed by atoms with van der Waals surface area (Å²) in [6, 6.07) is -0.102. The van der Waals surface area contributed by atoms with Gasteiger partial charge in [-0.05, 0) is 19.8 Å². The quantitative estimate of drug-likeness (QED) is 0.475. The number of nitro groups is 1. The highest BCUT2D eigenvalue weighted by Gasteiger charge is 2.22. The molecule has 1 N–H and O–H groups in total. The van der Waals surface area contributed by atoms with Crippen molar-refractivity contribution in [2.24, 2.45) is 0 Å². The second-order valence-corrected chi connectivity index (χ2v) is 2.80. The molecule has 0 aliphatic carbocycles. The Bertz CT molecular complexity index is 147. The van der Waals surface area contributed by atoms with Gasteiger partial charge in [0.2, 0.25) is 0 Å². The van der Waals surface area contributed by atoms with Crippen molar-refractivity contribution in [3.63, 3.8) is 0 Å². The van der Waals surface area contributed by atoms with Crippen LogP contribution in [0.1, 0.15) is 19.8 Å². The van der Waals surface area contributed by atoms with Crippen molar-refractivity contribution in [1.29, 1.82) is 0 Å². The normalized spacial score (nSPS) is 25.4. The first-order valence-electron chi connectivity index (χ1n) is 3.70. The van der Waals surface area contributed by atoms with Crippen LogP contribution < -0.4 is 5.43 Å². The summed E-state index contributed by atoms with van der Waals surface area (Å²) in [5.74, 6) is 0. The second kappa shape index (κ2) is 3.52. The van der Waals surface area contributed by atoms with Crippen LogP contribution in [0, 0.1) is 10.1 Å². The fraction of sp³-hybridized carbons (Fsp3) is 1.00. The fourth-order valence-electron chi connectivity index (χ4n) is 1.10. The Morgan fingerprint density at radius 3 is 2.91 bits per heavy atom. The minimum atomic E-state index is -0.511. The van der Waals surface area contributed by atoms with Crippen LogP contribution in [0.2, 0.25) is 0 Å². The second-order valence-electron chi connectivity index (χ2n) is 2.80. The molecule has 2 atom stereocenters. The summed E-state index contributed by atoms with van der Waals surface area (Å²) < 4.78 is 5.12. The number of nitrogens with one attached hydrogen (secondary N) is 1. The summed E-state index contributed by atoms with van der Waals surface area (Å²) in [7, 11) is 0. The molecule has 0 radical (unpaired) electrons. The van der Waals surface area contributed by atoms with E-state index < -0.39 is 5.03 Å². The molecule has 1 fully saturated rings. The van der Waals surface area contributed by atoms with Gasteiger partial charge in [0.25, 0.3) is 0 Å². The maximum absolute atomic E-state index is 9.95. The lowest BCUT2D eigenvalue weighted by atomic mass is 10.1. The first kappa shape index (κ1) is 8.26. The van der Waals surface area contributed by atoms with Gasteiger partial charge in [-0.25, -0.2) is 10.1 Å². The van der Waals surface area contributed by atoms with Crippen molar-refractivity contribution in [1.82, 2.24) is 5.43 Å². The molecule has 0 aromatic carbocycles. The summed E-state index contributed by atoms with van der Waals surface area (Å²) in [6.07, 6.45) is 1.99. The van der Waals surface area contributed by atoms with Crippen molar-refractivity contribution in [3.05, 3.63) is 10.1 Å². The van der Waals surface area contributed by atoms with E-state index in [0.717, 1.165) is 19.4 Å². The molecular formula is C6H12N2O3. The highest BCUT2D eigenvalue weighted by atomic mass is 16.7. The zero-order chi connectivity index (χ0) is 8.27. The molecule has 2 unspecified atom stereocenters. The largest absolute Gasteiger partial charge is 0.378 e. The van der Waals surface area contributed by atoms with Crippen LogP contribution in [0.15, 0.2) is 0 Å². The lowest BCUT2D eigenvalue weighted by Crippen LogP contribution is -2.38. The summed E-state index contributed by atoms with van der Waals surface area (Å²) in [5, 5.41) is 9.44. The van der Waals surface area contributed by atoms with Gasteiger partial charge in [0.1, 0.15) is 0 Å². The van der Waals surface area contributed by atoms with Crippen molar-refractivity contribution < 1.29 is 9.77 Å². The summed E-state index contributed by atoms with van der Waals surface area (Å²) >= 11 is 0. The smallest absolute Gasteiger partial charge is 0.157 e. The van der Waals surface area contributed by atoms with Crippen LogP contribution >= 0.6 is 0 Å². The molecular weight excluding hydrogens is 148 g/mol. The molecule has 0 amide bonds. The lowest BCUT2D eigenvalue weighted by Gasteiger charge is -2.27. The SMILES string of the molecule is CC(CC1CCO1)N[N+](=O)[O-]. The van der Waals surface area contributed by atoms with Crippen LogP contribution in [0.5, 0.6) is 0 Å². The molecule has 0 bridgehead atoms. The Kier molecular flexibility index (Phi) is 2.64. The lowest BCUT2D eigenvalue weighted by molar-refractivity contribution is -0.550. The first-order valence-corrected chi connectivity index (χ1v) is 3.70. The van der Waals surface area contributed by atoms with Crippen LogP contribution in [-0.4, -0.2) is 23.8 Å². The van der Waals surface area contributed by atoms with E-state index in [1.165, 1.54) is 0 Å². The van der Waals surface area contributed by atoms with Crippen molar-refractivity contribution in [2.45, 2.75) is 31.9 Å². The number of rotatable bonds is 4. The number of hydrazine groups is 1. The van der Waals surface area contributed by atoms with Crippen molar-refractivity contribution in [2.75, 3.05) is 6.61 Å². The standard InChI is InChI=1S/C6H12N2O3/c1-5(7-8(9)10)4-6-2-3-11-6/h5-7H,2-4H2,1H3. The third-order valence-corrected chi connectivity index (χ3v) is 1.74. The highest BCUT2D eigenvalue weighted by molar-refractivity contribution is 4.70. The van der Waals surface area contributed by atoms with Gasteiger partial charge in [-0.15, -0.1) is 5.43 Å². The maximum Gasteiger partial charge on any atom is 0.157 e. The fourth-order valence-corrected chi connectivity index (χ4v) is 1.10. The molecule has 1 saturated heterocycles. The molecule has 5 nitrogen and oxygen atoms in total. The third-order valence-electron chi connectivity index (χ3n) is 1.74. The maximum atomic E-state index is 9.95. The minimum absolute atomic E-state index is 0.102. The average Bonchev–Trinajstić information content (AvgIpc) is 1.77. The van der Waals surface area contributed by atoms with E-state index in [1.807, 2.05) is 0 Å². The van der Waals surface area contributed by atoms with Gasteiger partial charge < -0.3 is 4.74 Å².